The van der Waals surface area contributed by atoms with Crippen LogP contribution in [0.3, 0.4) is 0 Å². The molecule has 108 valence electrons. The normalized spacial score (nSPS) is 10.7. The summed E-state index contributed by atoms with van der Waals surface area (Å²) in [6.07, 6.45) is 1.02. The number of aromatic hydroxyl groups is 1. The summed E-state index contributed by atoms with van der Waals surface area (Å²) in [5, 5.41) is 13.2. The molecule has 2 aromatic rings. The van der Waals surface area contributed by atoms with Crippen LogP contribution in [0.1, 0.15) is 15.9 Å². The average molecular weight is 369 g/mol. The van der Waals surface area contributed by atoms with Crippen LogP contribution in [0.2, 0.25) is 0 Å². The van der Waals surface area contributed by atoms with Crippen LogP contribution in [0.15, 0.2) is 38.6 Å². The number of nitrogens with one attached hydrogen (secondary N) is 3. The molecule has 0 unspecified atom stereocenters. The van der Waals surface area contributed by atoms with Gasteiger partial charge in [-0.2, -0.15) is 5.10 Å². The zero-order valence-electron chi connectivity index (χ0n) is 10.4. The number of amides is 1. The maximum absolute atomic E-state index is 11.8. The summed E-state index contributed by atoms with van der Waals surface area (Å²) in [6.45, 7) is 0. The lowest BCUT2D eigenvalue weighted by molar-refractivity contribution is 0.0955. The summed E-state index contributed by atoms with van der Waals surface area (Å²) in [7, 11) is 0. The summed E-state index contributed by atoms with van der Waals surface area (Å²) in [4.78, 5) is 27.9. The van der Waals surface area contributed by atoms with Gasteiger partial charge < -0.3 is 10.1 Å². The monoisotopic (exact) mass is 368 g/mol. The smallest absolute Gasteiger partial charge is 0.271 e. The van der Waals surface area contributed by atoms with Crippen molar-refractivity contribution in [3.63, 3.8) is 0 Å². The minimum atomic E-state index is -0.613. The minimum absolute atomic E-state index is 0.00597. The van der Waals surface area contributed by atoms with E-state index >= 15 is 0 Å². The number of carbonyl (C=O) groups is 1. The number of hydrogen-bond donors (Lipinski definition) is 4. The summed E-state index contributed by atoms with van der Waals surface area (Å²) >= 11 is 7.95. The Kier molecular flexibility index (Phi) is 4.66. The highest BCUT2D eigenvalue weighted by Gasteiger charge is 2.06. The predicted molar refractivity (Wildman–Crippen MR) is 83.1 cm³/mol. The quantitative estimate of drug-likeness (QED) is 0.375. The average Bonchev–Trinajstić information content (AvgIpc) is 2.42. The number of hydrogen-bond acceptors (Lipinski definition) is 5. The molecular weight excluding hydrogens is 360 g/mol. The van der Waals surface area contributed by atoms with Crippen LogP contribution in [0, 0.1) is 4.77 Å². The van der Waals surface area contributed by atoms with Gasteiger partial charge in [0.1, 0.15) is 5.56 Å². The first kappa shape index (κ1) is 15.1. The first-order valence-corrected chi connectivity index (χ1v) is 6.82. The van der Waals surface area contributed by atoms with Gasteiger partial charge in [0, 0.05) is 10.0 Å². The van der Waals surface area contributed by atoms with Gasteiger partial charge in [0.05, 0.1) is 6.21 Å². The third-order valence-corrected chi connectivity index (χ3v) is 3.16. The third kappa shape index (κ3) is 3.86. The number of rotatable bonds is 3. The lowest BCUT2D eigenvalue weighted by atomic mass is 10.2. The van der Waals surface area contributed by atoms with Gasteiger partial charge in [-0.1, -0.05) is 15.9 Å². The number of nitrogens with zero attached hydrogens (tertiary/aromatic N) is 1. The molecule has 0 aliphatic rings. The van der Waals surface area contributed by atoms with E-state index in [4.69, 9.17) is 0 Å². The molecule has 2 rings (SSSR count). The van der Waals surface area contributed by atoms with Gasteiger partial charge in [-0.3, -0.25) is 14.6 Å². The Labute approximate surface area is 131 Å². The van der Waals surface area contributed by atoms with Crippen molar-refractivity contribution in [1.29, 1.82) is 0 Å². The van der Waals surface area contributed by atoms with E-state index < -0.39 is 17.3 Å². The molecule has 9 heteroatoms. The number of hydrazone groups is 1. The fraction of sp³-hybridized carbons (Fsp3) is 0. The Morgan fingerprint density at radius 2 is 2.00 bits per heavy atom. The van der Waals surface area contributed by atoms with Crippen molar-refractivity contribution in [3.05, 3.63) is 55.0 Å². The second-order valence-electron chi connectivity index (χ2n) is 3.88. The maximum Gasteiger partial charge on any atom is 0.271 e. The molecule has 0 fully saturated rings. The lowest BCUT2D eigenvalue weighted by Crippen LogP contribution is -2.19. The van der Waals surface area contributed by atoms with E-state index in [0.717, 1.165) is 10.7 Å². The fourth-order valence-corrected chi connectivity index (χ4v) is 1.88. The fourth-order valence-electron chi connectivity index (χ4n) is 1.43. The molecule has 1 aromatic heterocycles. The summed E-state index contributed by atoms with van der Waals surface area (Å²) in [5.41, 5.74) is 1.90. The van der Waals surface area contributed by atoms with Crippen LogP contribution in [0.5, 0.6) is 5.88 Å². The van der Waals surface area contributed by atoms with Crippen LogP contribution >= 0.6 is 28.1 Å². The summed E-state index contributed by atoms with van der Waals surface area (Å²) < 4.78 is 0.840. The molecule has 0 saturated carbocycles. The molecule has 0 bridgehead atoms. The lowest BCUT2D eigenvalue weighted by Gasteiger charge is -2.00. The molecule has 7 nitrogen and oxygen atoms in total. The molecule has 0 aliphatic carbocycles. The Morgan fingerprint density at radius 1 is 1.33 bits per heavy atom. The van der Waals surface area contributed by atoms with Gasteiger partial charge in [0.25, 0.3) is 11.5 Å². The van der Waals surface area contributed by atoms with Gasteiger partial charge in [-0.25, -0.2) is 5.43 Å². The largest absolute Gasteiger partial charge is 0.494 e. The zero-order valence-corrected chi connectivity index (χ0v) is 12.8. The van der Waals surface area contributed by atoms with Gasteiger partial charge in [0.15, 0.2) is 4.77 Å². The van der Waals surface area contributed by atoms with Crippen LogP contribution < -0.4 is 11.0 Å². The van der Waals surface area contributed by atoms with Gasteiger partial charge in [-0.05, 0) is 36.5 Å². The van der Waals surface area contributed by atoms with Crippen molar-refractivity contribution >= 4 is 40.3 Å². The van der Waals surface area contributed by atoms with E-state index in [9.17, 15) is 14.7 Å². The van der Waals surface area contributed by atoms with E-state index in [1.165, 1.54) is 0 Å². The van der Waals surface area contributed by atoms with Crippen molar-refractivity contribution < 1.29 is 9.90 Å². The van der Waals surface area contributed by atoms with Gasteiger partial charge >= 0.3 is 0 Å². The molecule has 0 atom stereocenters. The van der Waals surface area contributed by atoms with E-state index in [1.807, 2.05) is 0 Å². The molecule has 1 heterocycles. The van der Waals surface area contributed by atoms with Crippen LogP contribution in [0.25, 0.3) is 0 Å². The number of H-pyrrole nitrogens is 2. The van der Waals surface area contributed by atoms with Crippen molar-refractivity contribution in [2.75, 3.05) is 0 Å². The Bertz CT molecular complexity index is 810. The van der Waals surface area contributed by atoms with E-state index in [0.29, 0.717) is 5.56 Å². The molecular formula is C12H9BrN4O3S. The number of aromatic amines is 2. The van der Waals surface area contributed by atoms with Crippen molar-refractivity contribution in [1.82, 2.24) is 15.4 Å². The van der Waals surface area contributed by atoms with Crippen LogP contribution in [-0.4, -0.2) is 27.2 Å². The minimum Gasteiger partial charge on any atom is -0.494 e. The Morgan fingerprint density at radius 3 is 2.62 bits per heavy atom. The highest BCUT2D eigenvalue weighted by atomic mass is 79.9. The maximum atomic E-state index is 11.8. The number of benzene rings is 1. The van der Waals surface area contributed by atoms with Gasteiger partial charge in [-0.15, -0.1) is 0 Å². The van der Waals surface area contributed by atoms with E-state index in [2.05, 4.69) is 48.6 Å². The molecule has 4 N–H and O–H groups in total. The van der Waals surface area contributed by atoms with Crippen molar-refractivity contribution in [2.45, 2.75) is 0 Å². The zero-order chi connectivity index (χ0) is 15.4. The van der Waals surface area contributed by atoms with Crippen LogP contribution in [-0.2, 0) is 0 Å². The molecule has 0 saturated heterocycles. The topological polar surface area (TPSA) is 110 Å². The summed E-state index contributed by atoms with van der Waals surface area (Å²) in [6, 6.07) is 6.65. The third-order valence-electron chi connectivity index (χ3n) is 2.42. The molecule has 21 heavy (non-hydrogen) atoms. The first-order valence-electron chi connectivity index (χ1n) is 5.62. The van der Waals surface area contributed by atoms with Gasteiger partial charge in [0.2, 0.25) is 5.88 Å². The van der Waals surface area contributed by atoms with Crippen LogP contribution in [0.4, 0.5) is 0 Å². The molecule has 1 aromatic carbocycles. The SMILES string of the molecule is O=C(N/N=C/c1c(O)[nH]c(=S)[nH]c1=O)c1ccc(Br)cc1. The second-order valence-corrected chi connectivity index (χ2v) is 5.20. The predicted octanol–water partition coefficient (Wildman–Crippen LogP) is 1.66. The molecule has 0 radical (unpaired) electrons. The second kappa shape index (κ2) is 6.46. The van der Waals surface area contributed by atoms with E-state index in [1.54, 1.807) is 24.3 Å². The molecule has 1 amide bonds. The van der Waals surface area contributed by atoms with Crippen molar-refractivity contribution in [3.8, 4) is 5.88 Å². The molecule has 0 spiro atoms. The highest BCUT2D eigenvalue weighted by molar-refractivity contribution is 9.10. The number of aromatic nitrogens is 2. The first-order chi connectivity index (χ1) is 9.97. The number of carbonyl (C=O) groups excluding carboxylic acids is 1. The van der Waals surface area contributed by atoms with Crippen molar-refractivity contribution in [2.24, 2.45) is 5.10 Å². The highest BCUT2D eigenvalue weighted by Crippen LogP contribution is 2.10. The number of halogens is 1. The van der Waals surface area contributed by atoms with E-state index in [-0.39, 0.29) is 10.3 Å². The Hall–Kier alpha value is -2.26. The summed E-state index contributed by atoms with van der Waals surface area (Å²) in [5.74, 6) is -0.871. The Balaban J connectivity index is 2.13. The standard InChI is InChI=1S/C12H9BrN4O3S/c13-7-3-1-6(2-4-7)9(18)17-14-5-8-10(19)15-12(21)16-11(8)20/h1-5H,(H,17,18)(H3,15,16,19,20,21)/b14-5+. The molecule has 0 aliphatic heterocycles.